The van der Waals surface area contributed by atoms with Gasteiger partial charge < -0.3 is 14.2 Å². The zero-order chi connectivity index (χ0) is 21.3. The first-order valence-electron chi connectivity index (χ1n) is 11.0. The van der Waals surface area contributed by atoms with Crippen LogP contribution < -0.4 is 5.56 Å². The van der Waals surface area contributed by atoms with Gasteiger partial charge in [0.05, 0.1) is 16.6 Å². The van der Waals surface area contributed by atoms with Gasteiger partial charge in [-0.05, 0) is 63.6 Å². The molecule has 1 aromatic carbocycles. The summed E-state index contributed by atoms with van der Waals surface area (Å²) in [6.45, 7) is 4.60. The van der Waals surface area contributed by atoms with Gasteiger partial charge in [-0.15, -0.1) is 0 Å². The molecule has 7 nitrogen and oxygen atoms in total. The van der Waals surface area contributed by atoms with Crippen LogP contribution in [0, 0.1) is 12.8 Å². The fourth-order valence-corrected chi connectivity index (χ4v) is 5.04. The Labute approximate surface area is 176 Å². The van der Waals surface area contributed by atoms with Crippen LogP contribution in [0.15, 0.2) is 23.0 Å². The number of amides is 1. The number of hydrogen-bond acceptors (Lipinski definition) is 5. The molecule has 2 heterocycles. The zero-order valence-corrected chi connectivity index (χ0v) is 17.7. The van der Waals surface area contributed by atoms with Crippen molar-refractivity contribution >= 4 is 22.9 Å². The third-order valence-electron chi connectivity index (χ3n) is 6.55. The second-order valence-corrected chi connectivity index (χ2v) is 8.37. The van der Waals surface area contributed by atoms with Crippen LogP contribution in [0.2, 0.25) is 0 Å². The number of rotatable bonds is 4. The number of likely N-dealkylation sites (tertiary alicyclic amines) is 1. The van der Waals surface area contributed by atoms with Crippen molar-refractivity contribution in [2.75, 3.05) is 13.2 Å². The molecule has 1 aliphatic carbocycles. The molecular formula is C23H29N3O4. The van der Waals surface area contributed by atoms with E-state index in [4.69, 9.17) is 4.74 Å². The first-order chi connectivity index (χ1) is 14.5. The van der Waals surface area contributed by atoms with Crippen LogP contribution in [-0.2, 0) is 16.1 Å². The largest absolute Gasteiger partial charge is 0.452 e. The topological polar surface area (TPSA) is 81.5 Å². The summed E-state index contributed by atoms with van der Waals surface area (Å²) in [5, 5.41) is 0. The molecule has 0 bridgehead atoms. The summed E-state index contributed by atoms with van der Waals surface area (Å²) >= 11 is 0. The summed E-state index contributed by atoms with van der Waals surface area (Å²) in [6.07, 6.45) is 6.88. The molecular weight excluding hydrogens is 382 g/mol. The SMILES string of the molecule is CCn1c(=O)c(C)nc2cc(C(=O)OCC(=O)N3CCC[C@H]4CCCC[C@H]43)ccc21. The van der Waals surface area contributed by atoms with Crippen molar-refractivity contribution in [3.05, 3.63) is 39.8 Å². The summed E-state index contributed by atoms with van der Waals surface area (Å²) in [6, 6.07) is 5.26. The van der Waals surface area contributed by atoms with Crippen LogP contribution >= 0.6 is 0 Å². The highest BCUT2D eigenvalue weighted by atomic mass is 16.5. The van der Waals surface area contributed by atoms with Gasteiger partial charge in [0.1, 0.15) is 5.69 Å². The first-order valence-corrected chi connectivity index (χ1v) is 11.0. The number of fused-ring (bicyclic) bond motifs is 2. The van der Waals surface area contributed by atoms with E-state index in [2.05, 4.69) is 4.98 Å². The predicted molar refractivity (Wildman–Crippen MR) is 113 cm³/mol. The van der Waals surface area contributed by atoms with Crippen LogP contribution in [0.3, 0.4) is 0 Å². The van der Waals surface area contributed by atoms with Gasteiger partial charge in [-0.3, -0.25) is 9.59 Å². The maximum Gasteiger partial charge on any atom is 0.338 e. The summed E-state index contributed by atoms with van der Waals surface area (Å²) in [7, 11) is 0. The Hall–Kier alpha value is -2.70. The van der Waals surface area contributed by atoms with E-state index >= 15 is 0 Å². The molecule has 2 aromatic rings. The number of carbonyl (C=O) groups is 2. The smallest absolute Gasteiger partial charge is 0.338 e. The Morgan fingerprint density at radius 1 is 1.17 bits per heavy atom. The van der Waals surface area contributed by atoms with Gasteiger partial charge in [-0.2, -0.15) is 0 Å². The summed E-state index contributed by atoms with van der Waals surface area (Å²) < 4.78 is 6.99. The van der Waals surface area contributed by atoms with Crippen molar-refractivity contribution in [3.63, 3.8) is 0 Å². The summed E-state index contributed by atoms with van der Waals surface area (Å²) in [5.74, 6) is -0.0520. The minimum absolute atomic E-state index is 0.102. The molecule has 0 radical (unpaired) electrons. The van der Waals surface area contributed by atoms with E-state index < -0.39 is 5.97 Å². The fraction of sp³-hybridized carbons (Fsp3) is 0.565. The number of hydrogen-bond donors (Lipinski definition) is 0. The molecule has 1 aromatic heterocycles. The molecule has 0 unspecified atom stereocenters. The summed E-state index contributed by atoms with van der Waals surface area (Å²) in [5.41, 5.74) is 1.83. The molecule has 1 amide bonds. The number of benzene rings is 1. The maximum atomic E-state index is 12.8. The number of carbonyl (C=O) groups excluding carboxylic acids is 2. The van der Waals surface area contributed by atoms with Gasteiger partial charge in [0.15, 0.2) is 6.61 Å². The Morgan fingerprint density at radius 2 is 1.93 bits per heavy atom. The second-order valence-electron chi connectivity index (χ2n) is 8.37. The van der Waals surface area contributed by atoms with Crippen molar-refractivity contribution < 1.29 is 14.3 Å². The quantitative estimate of drug-likeness (QED) is 0.722. The molecule has 4 rings (SSSR count). The maximum absolute atomic E-state index is 12.8. The average Bonchev–Trinajstić information content (AvgIpc) is 2.77. The number of aromatic nitrogens is 2. The van der Waals surface area contributed by atoms with E-state index in [1.54, 1.807) is 29.7 Å². The lowest BCUT2D eigenvalue weighted by molar-refractivity contribution is -0.140. The Bertz CT molecular complexity index is 1030. The van der Waals surface area contributed by atoms with E-state index in [-0.39, 0.29) is 18.1 Å². The van der Waals surface area contributed by atoms with Gasteiger partial charge in [-0.1, -0.05) is 12.8 Å². The van der Waals surface area contributed by atoms with Crippen LogP contribution in [0.4, 0.5) is 0 Å². The van der Waals surface area contributed by atoms with E-state index in [1.807, 2.05) is 11.8 Å². The summed E-state index contributed by atoms with van der Waals surface area (Å²) in [4.78, 5) is 43.8. The van der Waals surface area contributed by atoms with Crippen LogP contribution in [0.25, 0.3) is 11.0 Å². The molecule has 2 atom stereocenters. The highest BCUT2D eigenvalue weighted by Crippen LogP contribution is 2.35. The second kappa shape index (κ2) is 8.58. The lowest BCUT2D eigenvalue weighted by atomic mass is 9.78. The van der Waals surface area contributed by atoms with E-state index in [0.29, 0.717) is 40.8 Å². The van der Waals surface area contributed by atoms with Gasteiger partial charge >= 0.3 is 5.97 Å². The highest BCUT2D eigenvalue weighted by Gasteiger charge is 2.35. The molecule has 2 fully saturated rings. The van der Waals surface area contributed by atoms with Crippen molar-refractivity contribution in [1.82, 2.24) is 14.5 Å². The van der Waals surface area contributed by atoms with E-state index in [0.717, 1.165) is 25.8 Å². The number of ether oxygens (including phenoxy) is 1. The lowest BCUT2D eigenvalue weighted by Crippen LogP contribution is -2.50. The lowest BCUT2D eigenvalue weighted by Gasteiger charge is -2.44. The highest BCUT2D eigenvalue weighted by molar-refractivity contribution is 5.94. The third kappa shape index (κ3) is 3.85. The fourth-order valence-electron chi connectivity index (χ4n) is 5.04. The molecule has 1 aliphatic heterocycles. The molecule has 160 valence electrons. The predicted octanol–water partition coefficient (Wildman–Crippen LogP) is 3.06. The Kier molecular flexibility index (Phi) is 5.88. The van der Waals surface area contributed by atoms with E-state index in [9.17, 15) is 14.4 Å². The number of piperidine rings is 1. The van der Waals surface area contributed by atoms with Crippen molar-refractivity contribution in [2.24, 2.45) is 5.92 Å². The van der Waals surface area contributed by atoms with Gasteiger partial charge in [0.2, 0.25) is 0 Å². The first kappa shape index (κ1) is 20.6. The van der Waals surface area contributed by atoms with E-state index in [1.165, 1.54) is 19.3 Å². The molecule has 1 saturated carbocycles. The van der Waals surface area contributed by atoms with Crippen LogP contribution in [0.5, 0.6) is 0 Å². The minimum atomic E-state index is -0.545. The van der Waals surface area contributed by atoms with Crippen LogP contribution in [-0.4, -0.2) is 45.5 Å². The minimum Gasteiger partial charge on any atom is -0.452 e. The normalized spacial score (nSPS) is 21.3. The third-order valence-corrected chi connectivity index (χ3v) is 6.55. The molecule has 0 spiro atoms. The number of aryl methyl sites for hydroxylation is 2. The molecule has 2 aliphatic rings. The number of esters is 1. The van der Waals surface area contributed by atoms with Gasteiger partial charge in [0, 0.05) is 19.1 Å². The molecule has 7 heteroatoms. The molecule has 1 saturated heterocycles. The zero-order valence-electron chi connectivity index (χ0n) is 17.7. The van der Waals surface area contributed by atoms with Gasteiger partial charge in [-0.25, -0.2) is 9.78 Å². The standard InChI is InChI=1S/C23H29N3O4/c1-3-25-20-11-10-17(13-18(20)24-15(2)22(25)28)23(29)30-14-21(27)26-12-6-8-16-7-4-5-9-19(16)26/h10-11,13,16,19H,3-9,12,14H2,1-2H3/t16-,19-/m1/s1. The molecule has 0 N–H and O–H groups in total. The van der Waals surface area contributed by atoms with Crippen molar-refractivity contribution in [2.45, 2.75) is 65.0 Å². The average molecular weight is 412 g/mol. The molecule has 30 heavy (non-hydrogen) atoms. The number of nitrogens with zero attached hydrogens (tertiary/aromatic N) is 3. The van der Waals surface area contributed by atoms with Crippen molar-refractivity contribution in [1.29, 1.82) is 0 Å². The Balaban J connectivity index is 1.46. The monoisotopic (exact) mass is 411 g/mol. The van der Waals surface area contributed by atoms with Crippen LogP contribution in [0.1, 0.15) is 61.5 Å². The Morgan fingerprint density at radius 3 is 2.73 bits per heavy atom. The van der Waals surface area contributed by atoms with Crippen molar-refractivity contribution in [3.8, 4) is 0 Å². The van der Waals surface area contributed by atoms with Gasteiger partial charge in [0.25, 0.3) is 11.5 Å².